The molecule has 1 aromatic rings. The Hall–Kier alpha value is -1.95. The molecule has 0 bridgehead atoms. The second-order valence-electron chi connectivity index (χ2n) is 6.52. The van der Waals surface area contributed by atoms with Crippen LogP contribution >= 0.6 is 12.2 Å². The Morgan fingerprint density at radius 1 is 1.17 bits per heavy atom. The first-order chi connectivity index (χ1) is 10.6. The van der Waals surface area contributed by atoms with E-state index in [1.165, 1.54) is 0 Å². The van der Waals surface area contributed by atoms with E-state index in [0.717, 1.165) is 6.42 Å². The van der Waals surface area contributed by atoms with E-state index in [-0.39, 0.29) is 23.0 Å². The molecule has 0 aliphatic carbocycles. The number of benzene rings is 1. The van der Waals surface area contributed by atoms with Crippen molar-refractivity contribution >= 4 is 34.8 Å². The van der Waals surface area contributed by atoms with Gasteiger partial charge in [0, 0.05) is 22.7 Å². The lowest BCUT2D eigenvalue weighted by molar-refractivity contribution is -0.126. The predicted octanol–water partition coefficient (Wildman–Crippen LogP) is 3.07. The number of hydrogen-bond donors (Lipinski definition) is 3. The van der Waals surface area contributed by atoms with E-state index >= 15 is 0 Å². The van der Waals surface area contributed by atoms with Crippen molar-refractivity contribution in [2.45, 2.75) is 47.1 Å². The molecule has 3 N–H and O–H groups in total. The SMILES string of the molecule is CCC(C)NC(=O)c1ccc(NC(=S)NC(=O)C(C)(C)C)cc1. The van der Waals surface area contributed by atoms with E-state index in [9.17, 15) is 9.59 Å². The Labute approximate surface area is 143 Å². The van der Waals surface area contributed by atoms with E-state index in [1.54, 1.807) is 24.3 Å². The van der Waals surface area contributed by atoms with Gasteiger partial charge in [-0.15, -0.1) is 0 Å². The van der Waals surface area contributed by atoms with Crippen LogP contribution in [0.25, 0.3) is 0 Å². The van der Waals surface area contributed by atoms with Crippen LogP contribution in [0.5, 0.6) is 0 Å². The molecule has 1 unspecified atom stereocenters. The van der Waals surface area contributed by atoms with Crippen molar-refractivity contribution in [1.29, 1.82) is 0 Å². The van der Waals surface area contributed by atoms with Crippen molar-refractivity contribution in [3.05, 3.63) is 29.8 Å². The molecular formula is C17H25N3O2S. The van der Waals surface area contributed by atoms with Gasteiger partial charge in [-0.1, -0.05) is 27.7 Å². The van der Waals surface area contributed by atoms with Gasteiger partial charge in [-0.25, -0.2) is 0 Å². The second kappa shape index (κ2) is 8.06. The number of anilines is 1. The van der Waals surface area contributed by atoms with Crippen molar-refractivity contribution in [3.63, 3.8) is 0 Å². The molecule has 0 saturated heterocycles. The Morgan fingerprint density at radius 3 is 2.22 bits per heavy atom. The first-order valence-electron chi connectivity index (χ1n) is 7.67. The highest BCUT2D eigenvalue weighted by atomic mass is 32.1. The normalized spacial score (nSPS) is 12.2. The molecule has 0 spiro atoms. The van der Waals surface area contributed by atoms with Crippen LogP contribution in [0.2, 0.25) is 0 Å². The first-order valence-corrected chi connectivity index (χ1v) is 8.07. The molecule has 23 heavy (non-hydrogen) atoms. The second-order valence-corrected chi connectivity index (χ2v) is 6.93. The maximum absolute atomic E-state index is 12.0. The van der Waals surface area contributed by atoms with Gasteiger partial charge in [0.1, 0.15) is 0 Å². The van der Waals surface area contributed by atoms with Gasteiger partial charge >= 0.3 is 0 Å². The molecule has 0 aromatic heterocycles. The van der Waals surface area contributed by atoms with Crippen LogP contribution < -0.4 is 16.0 Å². The fraction of sp³-hybridized carbons (Fsp3) is 0.471. The highest BCUT2D eigenvalue weighted by Gasteiger charge is 2.21. The molecule has 0 saturated carbocycles. The molecular weight excluding hydrogens is 310 g/mol. The molecule has 1 aromatic carbocycles. The summed E-state index contributed by atoms with van der Waals surface area (Å²) in [6.45, 7) is 9.43. The van der Waals surface area contributed by atoms with Gasteiger partial charge < -0.3 is 16.0 Å². The van der Waals surface area contributed by atoms with E-state index in [4.69, 9.17) is 12.2 Å². The van der Waals surface area contributed by atoms with Crippen LogP contribution in [0.1, 0.15) is 51.4 Å². The fourth-order valence-corrected chi connectivity index (χ4v) is 1.78. The minimum atomic E-state index is -0.510. The minimum absolute atomic E-state index is 0.102. The monoisotopic (exact) mass is 335 g/mol. The summed E-state index contributed by atoms with van der Waals surface area (Å²) in [5, 5.41) is 8.72. The van der Waals surface area contributed by atoms with Crippen LogP contribution in [0.15, 0.2) is 24.3 Å². The van der Waals surface area contributed by atoms with E-state index in [2.05, 4.69) is 16.0 Å². The first kappa shape index (κ1) is 19.1. The van der Waals surface area contributed by atoms with Crippen LogP contribution in [-0.2, 0) is 4.79 Å². The summed E-state index contributed by atoms with van der Waals surface area (Å²) >= 11 is 5.12. The average Bonchev–Trinajstić information content (AvgIpc) is 2.46. The van der Waals surface area contributed by atoms with E-state index in [0.29, 0.717) is 11.3 Å². The Kier molecular flexibility index (Phi) is 6.69. The molecule has 2 amide bonds. The van der Waals surface area contributed by atoms with Crippen molar-refractivity contribution in [2.24, 2.45) is 5.41 Å². The van der Waals surface area contributed by atoms with Gasteiger partial charge in [0.15, 0.2) is 5.11 Å². The number of carbonyl (C=O) groups is 2. The molecule has 126 valence electrons. The number of carbonyl (C=O) groups excluding carboxylic acids is 2. The average molecular weight is 335 g/mol. The lowest BCUT2D eigenvalue weighted by Gasteiger charge is -2.18. The number of nitrogens with one attached hydrogen (secondary N) is 3. The van der Waals surface area contributed by atoms with E-state index < -0.39 is 5.41 Å². The van der Waals surface area contributed by atoms with Crippen molar-refractivity contribution in [3.8, 4) is 0 Å². The van der Waals surface area contributed by atoms with Crippen molar-refractivity contribution in [1.82, 2.24) is 10.6 Å². The van der Waals surface area contributed by atoms with Gasteiger partial charge in [-0.2, -0.15) is 0 Å². The largest absolute Gasteiger partial charge is 0.350 e. The summed E-state index contributed by atoms with van der Waals surface area (Å²) in [6.07, 6.45) is 0.882. The summed E-state index contributed by atoms with van der Waals surface area (Å²) in [6, 6.07) is 7.07. The zero-order chi connectivity index (χ0) is 17.6. The number of hydrogen-bond acceptors (Lipinski definition) is 3. The van der Waals surface area contributed by atoms with Crippen LogP contribution in [-0.4, -0.2) is 23.0 Å². The van der Waals surface area contributed by atoms with Crippen LogP contribution in [0, 0.1) is 5.41 Å². The Bertz CT molecular complexity index is 576. The number of rotatable bonds is 4. The maximum atomic E-state index is 12.0. The predicted molar refractivity (Wildman–Crippen MR) is 97.5 cm³/mol. The third-order valence-corrected chi connectivity index (χ3v) is 3.51. The molecule has 1 rings (SSSR count). The van der Waals surface area contributed by atoms with Gasteiger partial charge in [0.05, 0.1) is 0 Å². The Balaban J connectivity index is 2.62. The molecule has 0 heterocycles. The maximum Gasteiger partial charge on any atom is 0.251 e. The highest BCUT2D eigenvalue weighted by Crippen LogP contribution is 2.13. The Morgan fingerprint density at radius 2 is 1.74 bits per heavy atom. The minimum Gasteiger partial charge on any atom is -0.350 e. The molecule has 0 fully saturated rings. The highest BCUT2D eigenvalue weighted by molar-refractivity contribution is 7.80. The number of amides is 2. The number of thiocarbonyl (C=S) groups is 1. The molecule has 5 nitrogen and oxygen atoms in total. The third kappa shape index (κ3) is 6.36. The lowest BCUT2D eigenvalue weighted by atomic mass is 9.96. The zero-order valence-corrected chi connectivity index (χ0v) is 15.1. The third-order valence-electron chi connectivity index (χ3n) is 3.30. The summed E-state index contributed by atoms with van der Waals surface area (Å²) in [7, 11) is 0. The fourth-order valence-electron chi connectivity index (χ4n) is 1.57. The van der Waals surface area contributed by atoms with Gasteiger partial charge in [-0.3, -0.25) is 9.59 Å². The molecule has 0 radical (unpaired) electrons. The summed E-state index contributed by atoms with van der Waals surface area (Å²) in [4.78, 5) is 23.8. The van der Waals surface area contributed by atoms with E-state index in [1.807, 2.05) is 34.6 Å². The van der Waals surface area contributed by atoms with Gasteiger partial charge in [0.25, 0.3) is 5.91 Å². The quantitative estimate of drug-likeness (QED) is 0.740. The molecule has 1 atom stereocenters. The summed E-state index contributed by atoms with van der Waals surface area (Å²) < 4.78 is 0. The molecule has 0 aliphatic heterocycles. The van der Waals surface area contributed by atoms with Crippen LogP contribution in [0.4, 0.5) is 5.69 Å². The zero-order valence-electron chi connectivity index (χ0n) is 14.3. The molecule has 0 aliphatic rings. The molecule has 6 heteroatoms. The summed E-state index contributed by atoms with van der Waals surface area (Å²) in [5.74, 6) is -0.255. The lowest BCUT2D eigenvalue weighted by Crippen LogP contribution is -2.41. The summed E-state index contributed by atoms with van der Waals surface area (Å²) in [5.41, 5.74) is 0.786. The smallest absolute Gasteiger partial charge is 0.251 e. The topological polar surface area (TPSA) is 70.2 Å². The van der Waals surface area contributed by atoms with Gasteiger partial charge in [0.2, 0.25) is 5.91 Å². The van der Waals surface area contributed by atoms with Gasteiger partial charge in [-0.05, 0) is 49.8 Å². The standard InChI is InChI=1S/C17H25N3O2S/c1-6-11(2)18-14(21)12-7-9-13(10-8-12)19-16(23)20-15(22)17(3,4)5/h7-11H,6H2,1-5H3,(H,18,21)(H2,19,20,22,23). The van der Waals surface area contributed by atoms with Crippen LogP contribution in [0.3, 0.4) is 0 Å². The van der Waals surface area contributed by atoms with Crippen molar-refractivity contribution < 1.29 is 9.59 Å². The van der Waals surface area contributed by atoms with Crippen molar-refractivity contribution in [2.75, 3.05) is 5.32 Å².